The van der Waals surface area contributed by atoms with Crippen molar-refractivity contribution in [3.8, 4) is 0 Å². The van der Waals surface area contributed by atoms with E-state index in [1.165, 1.54) is 5.41 Å². The van der Waals surface area contributed by atoms with Crippen LogP contribution in [-0.4, -0.2) is 51.9 Å². The molecule has 0 saturated carbocycles. The fourth-order valence-corrected chi connectivity index (χ4v) is 4.95. The highest BCUT2D eigenvalue weighted by molar-refractivity contribution is 7.93. The first-order valence-electron chi connectivity index (χ1n) is 9.13. The summed E-state index contributed by atoms with van der Waals surface area (Å²) in [6, 6.07) is 10.7. The van der Waals surface area contributed by atoms with E-state index < -0.39 is 27.2 Å². The van der Waals surface area contributed by atoms with Crippen molar-refractivity contribution in [2.45, 2.75) is 11.8 Å². The van der Waals surface area contributed by atoms with Crippen LogP contribution in [0.4, 0.5) is 8.78 Å². The predicted octanol–water partition coefficient (Wildman–Crippen LogP) is 4.04. The van der Waals surface area contributed by atoms with Gasteiger partial charge in [-0.15, -0.1) is 0 Å². The normalized spacial score (nSPS) is 16.0. The number of hydrogen-bond acceptors (Lipinski definition) is 4. The van der Waals surface area contributed by atoms with Gasteiger partial charge in [-0.05, 0) is 55.1 Å². The Morgan fingerprint density at radius 1 is 1.10 bits per heavy atom. The maximum Gasteiger partial charge on any atom is 0.175 e. The molecule has 1 aliphatic heterocycles. The van der Waals surface area contributed by atoms with Gasteiger partial charge in [0, 0.05) is 42.2 Å². The van der Waals surface area contributed by atoms with Crippen LogP contribution in [0.25, 0.3) is 0 Å². The van der Waals surface area contributed by atoms with E-state index in [0.717, 1.165) is 35.9 Å². The van der Waals surface area contributed by atoms with E-state index in [0.29, 0.717) is 18.1 Å². The van der Waals surface area contributed by atoms with Gasteiger partial charge in [0.25, 0.3) is 0 Å². The Labute approximate surface area is 175 Å². The molecule has 29 heavy (non-hydrogen) atoms. The highest BCUT2D eigenvalue weighted by atomic mass is 35.5. The van der Waals surface area contributed by atoms with E-state index in [1.54, 1.807) is 0 Å². The third-order valence-corrected chi connectivity index (χ3v) is 6.48. The molecule has 1 saturated heterocycles. The molecule has 0 aromatic heterocycles. The molecule has 1 atom stereocenters. The lowest BCUT2D eigenvalue weighted by molar-refractivity contribution is 0.169. The molecule has 2 aromatic rings. The number of likely N-dealkylation sites (tertiary alicyclic amines) is 1. The van der Waals surface area contributed by atoms with Crippen LogP contribution in [0.3, 0.4) is 0 Å². The summed E-state index contributed by atoms with van der Waals surface area (Å²) >= 11 is 5.97. The summed E-state index contributed by atoms with van der Waals surface area (Å²) in [5.41, 5.74) is 2.03. The summed E-state index contributed by atoms with van der Waals surface area (Å²) in [7, 11) is 0.396. The average molecular weight is 441 g/mol. The molecule has 1 fully saturated rings. The minimum atomic E-state index is -3.60. The van der Waals surface area contributed by atoms with E-state index in [9.17, 15) is 17.2 Å². The average Bonchev–Trinajstić information content (AvgIpc) is 2.56. The number of benzene rings is 2. The maximum absolute atomic E-state index is 13.3. The topological polar surface area (TPSA) is 40.6 Å². The number of nitrogens with zero attached hydrogens (tertiary/aromatic N) is 2. The number of halogens is 3. The quantitative estimate of drug-likeness (QED) is 0.651. The zero-order valence-corrected chi connectivity index (χ0v) is 17.9. The Hall–Kier alpha value is -1.80. The van der Waals surface area contributed by atoms with Gasteiger partial charge in [-0.1, -0.05) is 23.7 Å². The van der Waals surface area contributed by atoms with Crippen molar-refractivity contribution >= 4 is 21.4 Å². The number of hydrogen-bond donors (Lipinski definition) is 0. The van der Waals surface area contributed by atoms with E-state index in [1.807, 2.05) is 38.4 Å². The van der Waals surface area contributed by atoms with Crippen molar-refractivity contribution in [2.75, 3.05) is 33.7 Å². The van der Waals surface area contributed by atoms with Gasteiger partial charge in [-0.3, -0.25) is 4.90 Å². The first-order chi connectivity index (χ1) is 13.6. The third-order valence-electron chi connectivity index (χ3n) is 4.80. The van der Waals surface area contributed by atoms with Gasteiger partial charge in [0.1, 0.15) is 11.6 Å². The SMILES string of the molecule is CN(C)C(CN1CC(=CS(=O)(=O)Cc2cc(F)cc(F)c2)C1)c1ccc(Cl)cc1. The summed E-state index contributed by atoms with van der Waals surface area (Å²) in [4.78, 5) is 4.27. The largest absolute Gasteiger partial charge is 0.301 e. The van der Waals surface area contributed by atoms with Crippen LogP contribution in [0.5, 0.6) is 0 Å². The Kier molecular flexibility index (Phi) is 6.73. The molecule has 3 rings (SSSR count). The Morgan fingerprint density at radius 2 is 1.69 bits per heavy atom. The minimum absolute atomic E-state index is 0.103. The van der Waals surface area contributed by atoms with Crippen LogP contribution in [0.15, 0.2) is 53.4 Å². The molecule has 1 unspecified atom stereocenters. The van der Waals surface area contributed by atoms with Crippen LogP contribution in [0, 0.1) is 11.6 Å². The van der Waals surface area contributed by atoms with Gasteiger partial charge >= 0.3 is 0 Å². The number of sulfone groups is 1. The van der Waals surface area contributed by atoms with Crippen molar-refractivity contribution in [3.05, 3.63) is 81.2 Å². The summed E-state index contributed by atoms with van der Waals surface area (Å²) in [6.45, 7) is 1.85. The lowest BCUT2D eigenvalue weighted by atomic mass is 10.0. The van der Waals surface area contributed by atoms with Crippen molar-refractivity contribution in [2.24, 2.45) is 0 Å². The smallest absolute Gasteiger partial charge is 0.175 e. The molecule has 0 aliphatic carbocycles. The zero-order valence-electron chi connectivity index (χ0n) is 16.3. The fourth-order valence-electron chi connectivity index (χ4n) is 3.45. The van der Waals surface area contributed by atoms with Crippen LogP contribution in [0.2, 0.25) is 5.02 Å². The fraction of sp³-hybridized carbons (Fsp3) is 0.333. The van der Waals surface area contributed by atoms with Crippen LogP contribution in [-0.2, 0) is 15.6 Å². The Morgan fingerprint density at radius 3 is 2.24 bits per heavy atom. The number of rotatable bonds is 7. The standard InChI is InChI=1S/C21H23ClF2N2O2S/c1-25(2)21(17-3-5-18(22)6-4-17)12-26-10-16(11-26)14-29(27,28)13-15-7-19(23)9-20(24)8-15/h3-9,14,21H,10-13H2,1-2H3. The molecule has 0 amide bonds. The highest BCUT2D eigenvalue weighted by Crippen LogP contribution is 2.26. The van der Waals surface area contributed by atoms with Gasteiger partial charge in [0.2, 0.25) is 0 Å². The summed E-state index contributed by atoms with van der Waals surface area (Å²) in [5.74, 6) is -1.99. The Bertz CT molecular complexity index is 980. The molecule has 4 nitrogen and oxygen atoms in total. The zero-order chi connectivity index (χ0) is 21.2. The van der Waals surface area contributed by atoms with E-state index in [2.05, 4.69) is 9.80 Å². The molecular weight excluding hydrogens is 418 g/mol. The lowest BCUT2D eigenvalue weighted by Crippen LogP contribution is -2.45. The molecule has 0 spiro atoms. The van der Waals surface area contributed by atoms with Crippen molar-refractivity contribution in [1.82, 2.24) is 9.80 Å². The van der Waals surface area contributed by atoms with Crippen molar-refractivity contribution in [3.63, 3.8) is 0 Å². The molecule has 8 heteroatoms. The van der Waals surface area contributed by atoms with Gasteiger partial charge in [0.15, 0.2) is 9.84 Å². The monoisotopic (exact) mass is 440 g/mol. The van der Waals surface area contributed by atoms with Gasteiger partial charge in [-0.2, -0.15) is 0 Å². The number of likely N-dealkylation sites (N-methyl/N-ethyl adjacent to an activating group) is 1. The second-order valence-electron chi connectivity index (χ2n) is 7.56. The molecule has 2 aromatic carbocycles. The highest BCUT2D eigenvalue weighted by Gasteiger charge is 2.27. The lowest BCUT2D eigenvalue weighted by Gasteiger charge is -2.38. The minimum Gasteiger partial charge on any atom is -0.301 e. The summed E-state index contributed by atoms with van der Waals surface area (Å²) in [5, 5.41) is 1.92. The summed E-state index contributed by atoms with van der Waals surface area (Å²) in [6.07, 6.45) is 0. The van der Waals surface area contributed by atoms with Crippen LogP contribution < -0.4 is 0 Å². The van der Waals surface area contributed by atoms with Crippen LogP contribution in [0.1, 0.15) is 17.2 Å². The predicted molar refractivity (Wildman–Crippen MR) is 111 cm³/mol. The molecule has 0 radical (unpaired) electrons. The molecular formula is C21H23ClF2N2O2S. The van der Waals surface area contributed by atoms with Crippen molar-refractivity contribution in [1.29, 1.82) is 0 Å². The van der Waals surface area contributed by atoms with Gasteiger partial charge < -0.3 is 4.90 Å². The molecule has 0 N–H and O–H groups in total. The van der Waals surface area contributed by atoms with E-state index in [4.69, 9.17) is 11.6 Å². The molecule has 1 heterocycles. The first-order valence-corrected chi connectivity index (χ1v) is 11.2. The Balaban J connectivity index is 1.61. The second kappa shape index (κ2) is 8.92. The molecule has 0 bridgehead atoms. The summed E-state index contributed by atoms with van der Waals surface area (Å²) < 4.78 is 51.3. The maximum atomic E-state index is 13.3. The second-order valence-corrected chi connectivity index (χ2v) is 9.85. The van der Waals surface area contributed by atoms with Gasteiger partial charge in [0.05, 0.1) is 5.75 Å². The van der Waals surface area contributed by atoms with Crippen molar-refractivity contribution < 1.29 is 17.2 Å². The van der Waals surface area contributed by atoms with Crippen LogP contribution >= 0.6 is 11.6 Å². The van der Waals surface area contributed by atoms with Gasteiger partial charge in [-0.25, -0.2) is 17.2 Å². The first kappa shape index (κ1) is 21.9. The third kappa shape index (κ3) is 6.09. The van der Waals surface area contributed by atoms with E-state index >= 15 is 0 Å². The van der Waals surface area contributed by atoms with E-state index in [-0.39, 0.29) is 11.6 Å². The molecule has 1 aliphatic rings. The molecule has 156 valence electrons.